The highest BCUT2D eigenvalue weighted by Gasteiger charge is 2.39. The predicted molar refractivity (Wildman–Crippen MR) is 139 cm³/mol. The van der Waals surface area contributed by atoms with Crippen molar-refractivity contribution in [3.05, 3.63) is 29.8 Å². The van der Waals surface area contributed by atoms with Gasteiger partial charge in [-0.05, 0) is 63.3 Å². The number of nitrogens with zero attached hydrogens (tertiary/aromatic N) is 4. The van der Waals surface area contributed by atoms with Crippen molar-refractivity contribution in [1.82, 2.24) is 14.7 Å². The molecule has 0 aromatic heterocycles. The van der Waals surface area contributed by atoms with Crippen LogP contribution in [0.2, 0.25) is 0 Å². The Bertz CT molecular complexity index is 1010. The van der Waals surface area contributed by atoms with Crippen LogP contribution in [-0.2, 0) is 9.47 Å². The summed E-state index contributed by atoms with van der Waals surface area (Å²) in [4.78, 5) is 30.9. The van der Waals surface area contributed by atoms with E-state index in [1.807, 2.05) is 25.7 Å². The highest BCUT2D eigenvalue weighted by atomic mass is 16.6. The average Bonchev–Trinajstić information content (AvgIpc) is 2.82. The summed E-state index contributed by atoms with van der Waals surface area (Å²) in [5, 5.41) is 19.8. The van der Waals surface area contributed by atoms with Crippen LogP contribution in [0.15, 0.2) is 24.3 Å². The Hall–Kier alpha value is -3.03. The smallest absolute Gasteiger partial charge is 0.410 e. The largest absolute Gasteiger partial charge is 0.461 e. The Morgan fingerprint density at radius 3 is 2.13 bits per heavy atom. The maximum Gasteiger partial charge on any atom is 0.410 e. The molecule has 38 heavy (non-hydrogen) atoms. The first-order valence-electron chi connectivity index (χ1n) is 13.5. The Balaban J connectivity index is 1.22. The Labute approximate surface area is 225 Å². The topological polar surface area (TPSA) is 116 Å². The van der Waals surface area contributed by atoms with Gasteiger partial charge < -0.3 is 29.1 Å². The number of carbonyl (C=O) groups is 2. The van der Waals surface area contributed by atoms with Crippen LogP contribution in [0.5, 0.6) is 5.75 Å². The van der Waals surface area contributed by atoms with Gasteiger partial charge in [-0.25, -0.2) is 9.59 Å². The molecule has 4 rings (SSSR count). The molecule has 3 saturated heterocycles. The van der Waals surface area contributed by atoms with Crippen LogP contribution in [0.4, 0.5) is 9.59 Å². The number of fused-ring (bicyclic) bond motifs is 2. The standard InChI is InChI=1S/C28H40N4O6/c1-27(2,3)38-26(34)31-11-9-23(10-12-31)36-25(33)32-17-21-13-22(18-32)16-30(15-21)19-28(4,35)37-24-7-5-20(14-29)6-8-24/h5-8,21-23,35H,9-13,15-19H2,1-4H3. The summed E-state index contributed by atoms with van der Waals surface area (Å²) in [6.07, 6.45) is 1.46. The Kier molecular flexibility index (Phi) is 8.38. The van der Waals surface area contributed by atoms with Gasteiger partial charge >= 0.3 is 12.2 Å². The van der Waals surface area contributed by atoms with E-state index >= 15 is 0 Å². The number of benzene rings is 1. The summed E-state index contributed by atoms with van der Waals surface area (Å²) in [6.45, 7) is 11.3. The molecule has 0 saturated carbocycles. The van der Waals surface area contributed by atoms with Crippen molar-refractivity contribution in [3.63, 3.8) is 0 Å². The fourth-order valence-corrected chi connectivity index (χ4v) is 5.66. The van der Waals surface area contributed by atoms with Gasteiger partial charge in [-0.2, -0.15) is 5.26 Å². The molecule has 0 radical (unpaired) electrons. The van der Waals surface area contributed by atoms with Crippen LogP contribution in [-0.4, -0.2) is 95.3 Å². The second kappa shape index (κ2) is 11.4. The molecule has 3 atom stereocenters. The summed E-state index contributed by atoms with van der Waals surface area (Å²) in [6, 6.07) is 8.76. The minimum Gasteiger partial charge on any atom is -0.461 e. The molecule has 3 aliphatic rings. The van der Waals surface area contributed by atoms with Gasteiger partial charge in [0, 0.05) is 59.0 Å². The SMILES string of the molecule is CC(C)(C)OC(=O)N1CCC(OC(=O)N2CC3CC(CN(CC(C)(O)Oc4ccc(C#N)cc4)C3)C2)CC1. The molecular weight excluding hydrogens is 488 g/mol. The van der Waals surface area contributed by atoms with Crippen LogP contribution in [0, 0.1) is 23.2 Å². The normalized spacial score (nSPS) is 24.2. The van der Waals surface area contributed by atoms with E-state index in [4.69, 9.17) is 19.5 Å². The quantitative estimate of drug-likeness (QED) is 0.578. The summed E-state index contributed by atoms with van der Waals surface area (Å²) in [7, 11) is 0. The lowest BCUT2D eigenvalue weighted by Crippen LogP contribution is -2.57. The van der Waals surface area contributed by atoms with Gasteiger partial charge in [0.15, 0.2) is 0 Å². The number of ether oxygens (including phenoxy) is 3. The van der Waals surface area contributed by atoms with Crippen molar-refractivity contribution in [3.8, 4) is 11.8 Å². The van der Waals surface area contributed by atoms with E-state index in [1.54, 1.807) is 36.1 Å². The number of aliphatic hydroxyl groups is 1. The van der Waals surface area contributed by atoms with Crippen molar-refractivity contribution in [1.29, 1.82) is 5.26 Å². The molecule has 3 fully saturated rings. The van der Waals surface area contributed by atoms with E-state index in [2.05, 4.69) is 11.0 Å². The molecule has 1 N–H and O–H groups in total. The number of rotatable bonds is 5. The van der Waals surface area contributed by atoms with Gasteiger partial charge in [-0.15, -0.1) is 0 Å². The number of hydrogen-bond acceptors (Lipinski definition) is 8. The number of β-amino-alcohol motifs (C(OH)–C–C–N with tert-alkyl or cyclic N) is 1. The lowest BCUT2D eigenvalue weighted by Gasteiger charge is -2.46. The molecule has 2 bridgehead atoms. The third-order valence-corrected chi connectivity index (χ3v) is 7.11. The number of carbonyl (C=O) groups excluding carboxylic acids is 2. The molecule has 208 valence electrons. The van der Waals surface area contributed by atoms with Crippen LogP contribution < -0.4 is 4.74 Å². The highest BCUT2D eigenvalue weighted by molar-refractivity contribution is 5.69. The highest BCUT2D eigenvalue weighted by Crippen LogP contribution is 2.31. The molecule has 3 heterocycles. The van der Waals surface area contributed by atoms with Crippen molar-refractivity contribution in [2.75, 3.05) is 45.8 Å². The lowest BCUT2D eigenvalue weighted by molar-refractivity contribution is -0.146. The first kappa shape index (κ1) is 28.0. The van der Waals surface area contributed by atoms with Crippen LogP contribution in [0.1, 0.15) is 52.5 Å². The van der Waals surface area contributed by atoms with E-state index in [0.29, 0.717) is 68.7 Å². The van der Waals surface area contributed by atoms with E-state index in [1.165, 1.54) is 0 Å². The first-order chi connectivity index (χ1) is 17.9. The zero-order valence-corrected chi connectivity index (χ0v) is 22.9. The maximum atomic E-state index is 13.0. The summed E-state index contributed by atoms with van der Waals surface area (Å²) >= 11 is 0. The number of nitriles is 1. The maximum absolute atomic E-state index is 13.0. The first-order valence-corrected chi connectivity index (χ1v) is 13.5. The molecule has 3 unspecified atom stereocenters. The third kappa shape index (κ3) is 7.74. The van der Waals surface area contributed by atoms with E-state index in [9.17, 15) is 14.7 Å². The van der Waals surface area contributed by atoms with Crippen molar-refractivity contribution in [2.45, 2.75) is 64.4 Å². The summed E-state index contributed by atoms with van der Waals surface area (Å²) in [5.41, 5.74) is 0.00560. The fraction of sp³-hybridized carbons (Fsp3) is 0.679. The number of amides is 2. The third-order valence-electron chi connectivity index (χ3n) is 7.11. The predicted octanol–water partition coefficient (Wildman–Crippen LogP) is 3.44. The fourth-order valence-electron chi connectivity index (χ4n) is 5.66. The molecule has 10 heteroatoms. The van der Waals surface area contributed by atoms with Crippen LogP contribution >= 0.6 is 0 Å². The monoisotopic (exact) mass is 528 g/mol. The molecule has 0 aliphatic carbocycles. The van der Waals surface area contributed by atoms with E-state index in [-0.39, 0.29) is 18.3 Å². The second-order valence-electron chi connectivity index (χ2n) is 12.0. The Morgan fingerprint density at radius 2 is 1.58 bits per heavy atom. The van der Waals surface area contributed by atoms with Gasteiger partial charge in [-0.3, -0.25) is 4.90 Å². The average molecular weight is 529 g/mol. The minimum absolute atomic E-state index is 0.200. The van der Waals surface area contributed by atoms with Crippen LogP contribution in [0.3, 0.4) is 0 Å². The number of piperidine rings is 3. The molecule has 10 nitrogen and oxygen atoms in total. The van der Waals surface area contributed by atoms with Gasteiger partial charge in [0.05, 0.1) is 18.2 Å². The summed E-state index contributed by atoms with van der Waals surface area (Å²) in [5.74, 6) is -0.270. The Morgan fingerprint density at radius 1 is 0.974 bits per heavy atom. The van der Waals surface area contributed by atoms with Gasteiger partial charge in [0.1, 0.15) is 17.5 Å². The number of likely N-dealkylation sites (tertiary alicyclic amines) is 3. The van der Waals surface area contributed by atoms with Crippen molar-refractivity contribution < 1.29 is 28.9 Å². The molecule has 1 aromatic rings. The minimum atomic E-state index is -1.38. The van der Waals surface area contributed by atoms with Gasteiger partial charge in [0.25, 0.3) is 0 Å². The zero-order valence-electron chi connectivity index (χ0n) is 22.9. The van der Waals surface area contributed by atoms with E-state index < -0.39 is 11.4 Å². The molecule has 3 aliphatic heterocycles. The molecule has 2 amide bonds. The summed E-state index contributed by atoms with van der Waals surface area (Å²) < 4.78 is 17.1. The molecular formula is C28H40N4O6. The molecule has 0 spiro atoms. The van der Waals surface area contributed by atoms with Gasteiger partial charge in [0.2, 0.25) is 5.79 Å². The number of hydrogen-bond donors (Lipinski definition) is 1. The van der Waals surface area contributed by atoms with Crippen molar-refractivity contribution in [2.24, 2.45) is 11.8 Å². The van der Waals surface area contributed by atoms with Gasteiger partial charge in [-0.1, -0.05) is 0 Å². The van der Waals surface area contributed by atoms with Crippen molar-refractivity contribution >= 4 is 12.2 Å². The molecule has 1 aromatic carbocycles. The zero-order chi connectivity index (χ0) is 27.5. The second-order valence-corrected chi connectivity index (χ2v) is 12.0. The van der Waals surface area contributed by atoms with E-state index in [0.717, 1.165) is 19.5 Å². The van der Waals surface area contributed by atoms with Crippen LogP contribution in [0.25, 0.3) is 0 Å². The lowest BCUT2D eigenvalue weighted by atomic mass is 9.84.